The third-order valence-corrected chi connectivity index (χ3v) is 4.51. The second kappa shape index (κ2) is 8.08. The number of hydrogen-bond donors (Lipinski definition) is 2. The molecule has 4 rings (SSSR count). The molecule has 0 spiro atoms. The quantitative estimate of drug-likeness (QED) is 0.390. The molecule has 0 saturated carbocycles. The number of fused-ring (bicyclic) bond motifs is 1. The van der Waals surface area contributed by atoms with Crippen molar-refractivity contribution in [2.24, 2.45) is 5.10 Å². The number of pyridine rings is 2. The van der Waals surface area contributed by atoms with E-state index in [1.165, 1.54) is 12.3 Å². The van der Waals surface area contributed by atoms with Crippen molar-refractivity contribution in [3.8, 4) is 17.0 Å². The topological polar surface area (TPSA) is 87.5 Å². The Morgan fingerprint density at radius 1 is 1.10 bits per heavy atom. The minimum absolute atomic E-state index is 0.0145. The first kappa shape index (κ1) is 18.6. The summed E-state index contributed by atoms with van der Waals surface area (Å²) in [5, 5.41) is 15.0. The number of nitrogens with zero attached hydrogens (tertiary/aromatic N) is 3. The first-order valence-electron chi connectivity index (χ1n) is 8.74. The van der Waals surface area contributed by atoms with Crippen molar-refractivity contribution < 1.29 is 9.90 Å². The normalized spacial score (nSPS) is 11.1. The molecule has 2 aromatic heterocycles. The fourth-order valence-electron chi connectivity index (χ4n) is 2.87. The van der Waals surface area contributed by atoms with Crippen LogP contribution in [0.3, 0.4) is 0 Å². The van der Waals surface area contributed by atoms with Crippen molar-refractivity contribution >= 4 is 34.6 Å². The van der Waals surface area contributed by atoms with Gasteiger partial charge in [-0.3, -0.25) is 9.78 Å². The molecule has 142 valence electrons. The number of rotatable bonds is 4. The van der Waals surface area contributed by atoms with Crippen LogP contribution in [0.5, 0.6) is 5.75 Å². The predicted molar refractivity (Wildman–Crippen MR) is 113 cm³/mol. The number of hydrazone groups is 1. The molecule has 0 saturated heterocycles. The molecule has 7 heteroatoms. The van der Waals surface area contributed by atoms with Gasteiger partial charge in [0.1, 0.15) is 5.75 Å². The van der Waals surface area contributed by atoms with Crippen molar-refractivity contribution in [1.82, 2.24) is 15.4 Å². The molecule has 0 aliphatic rings. The Labute approximate surface area is 171 Å². The van der Waals surface area contributed by atoms with Gasteiger partial charge in [-0.1, -0.05) is 29.8 Å². The SMILES string of the molecule is O=C(N/N=C/c1cc(Cl)ccc1O)c1cc(-c2cccnc2)nc2ccccc12. The van der Waals surface area contributed by atoms with Gasteiger partial charge >= 0.3 is 0 Å². The van der Waals surface area contributed by atoms with E-state index < -0.39 is 5.91 Å². The van der Waals surface area contributed by atoms with E-state index in [1.54, 1.807) is 30.6 Å². The zero-order valence-corrected chi connectivity index (χ0v) is 15.8. The third kappa shape index (κ3) is 4.07. The Morgan fingerprint density at radius 3 is 2.79 bits per heavy atom. The van der Waals surface area contributed by atoms with E-state index >= 15 is 0 Å². The average molecular weight is 403 g/mol. The number of phenolic OH excluding ortho intramolecular Hbond substituents is 1. The molecule has 0 atom stereocenters. The van der Waals surface area contributed by atoms with Crippen LogP contribution in [0, 0.1) is 0 Å². The smallest absolute Gasteiger partial charge is 0.272 e. The molecule has 4 aromatic rings. The third-order valence-electron chi connectivity index (χ3n) is 4.28. The Morgan fingerprint density at radius 2 is 1.97 bits per heavy atom. The molecule has 0 aliphatic heterocycles. The second-order valence-corrected chi connectivity index (χ2v) is 6.65. The Hall–Kier alpha value is -3.77. The molecule has 1 amide bonds. The van der Waals surface area contributed by atoms with Gasteiger partial charge in [-0.15, -0.1) is 0 Å². The highest BCUT2D eigenvalue weighted by Gasteiger charge is 2.13. The summed E-state index contributed by atoms with van der Waals surface area (Å²) in [6.45, 7) is 0. The number of nitrogens with one attached hydrogen (secondary N) is 1. The number of carbonyl (C=O) groups is 1. The Bertz CT molecular complexity index is 1230. The molecular weight excluding hydrogens is 388 g/mol. The van der Waals surface area contributed by atoms with E-state index in [0.29, 0.717) is 32.7 Å². The van der Waals surface area contributed by atoms with Gasteiger partial charge in [-0.2, -0.15) is 5.10 Å². The van der Waals surface area contributed by atoms with Crippen molar-refractivity contribution in [1.29, 1.82) is 0 Å². The van der Waals surface area contributed by atoms with Gasteiger partial charge in [0.2, 0.25) is 0 Å². The maximum atomic E-state index is 12.8. The van der Waals surface area contributed by atoms with Gasteiger partial charge in [0.15, 0.2) is 0 Å². The van der Waals surface area contributed by atoms with Crippen LogP contribution >= 0.6 is 11.6 Å². The lowest BCUT2D eigenvalue weighted by molar-refractivity contribution is 0.0956. The zero-order chi connectivity index (χ0) is 20.2. The predicted octanol–water partition coefficient (Wildman–Crippen LogP) is 4.42. The maximum absolute atomic E-state index is 12.8. The molecular formula is C22H15ClN4O2. The van der Waals surface area contributed by atoms with E-state index in [-0.39, 0.29) is 5.75 Å². The van der Waals surface area contributed by atoms with Crippen LogP contribution in [-0.2, 0) is 0 Å². The minimum Gasteiger partial charge on any atom is -0.507 e. The number of amides is 1. The molecule has 0 aliphatic carbocycles. The summed E-state index contributed by atoms with van der Waals surface area (Å²) in [6.07, 6.45) is 4.71. The summed E-state index contributed by atoms with van der Waals surface area (Å²) in [6, 6.07) is 17.4. The maximum Gasteiger partial charge on any atom is 0.272 e. The second-order valence-electron chi connectivity index (χ2n) is 6.22. The van der Waals surface area contributed by atoms with E-state index in [2.05, 4.69) is 20.5 Å². The number of aromatic nitrogens is 2. The molecule has 6 nitrogen and oxygen atoms in total. The van der Waals surface area contributed by atoms with Crippen LogP contribution in [-0.4, -0.2) is 27.2 Å². The lowest BCUT2D eigenvalue weighted by atomic mass is 10.0. The van der Waals surface area contributed by atoms with Crippen molar-refractivity contribution in [2.45, 2.75) is 0 Å². The number of para-hydroxylation sites is 1. The summed E-state index contributed by atoms with van der Waals surface area (Å²) < 4.78 is 0. The van der Waals surface area contributed by atoms with E-state index in [0.717, 1.165) is 5.56 Å². The van der Waals surface area contributed by atoms with E-state index in [4.69, 9.17) is 11.6 Å². The Kier molecular flexibility index (Phi) is 5.18. The number of phenols is 1. The summed E-state index contributed by atoms with van der Waals surface area (Å²) >= 11 is 5.92. The highest BCUT2D eigenvalue weighted by atomic mass is 35.5. The van der Waals surface area contributed by atoms with Crippen molar-refractivity contribution in [3.63, 3.8) is 0 Å². The monoisotopic (exact) mass is 402 g/mol. The average Bonchev–Trinajstić information content (AvgIpc) is 2.76. The summed E-state index contributed by atoms with van der Waals surface area (Å²) in [5.41, 5.74) is 5.46. The lowest BCUT2D eigenvalue weighted by Crippen LogP contribution is -2.18. The van der Waals surface area contributed by atoms with Crippen LogP contribution in [0.1, 0.15) is 15.9 Å². The van der Waals surface area contributed by atoms with Crippen molar-refractivity contribution in [3.05, 3.63) is 89.2 Å². The number of aromatic hydroxyl groups is 1. The van der Waals surface area contributed by atoms with Gasteiger partial charge in [-0.05, 0) is 42.5 Å². The number of benzene rings is 2. The fourth-order valence-corrected chi connectivity index (χ4v) is 3.06. The van der Waals surface area contributed by atoms with Gasteiger partial charge in [0.25, 0.3) is 5.91 Å². The molecule has 2 aromatic carbocycles. The van der Waals surface area contributed by atoms with Gasteiger partial charge in [0.05, 0.1) is 23.0 Å². The summed E-state index contributed by atoms with van der Waals surface area (Å²) in [7, 11) is 0. The van der Waals surface area contributed by atoms with Crippen LogP contribution < -0.4 is 5.43 Å². The van der Waals surface area contributed by atoms with E-state index in [1.807, 2.05) is 36.4 Å². The zero-order valence-electron chi connectivity index (χ0n) is 15.1. The standard InChI is InChI=1S/C22H15ClN4O2/c23-16-7-8-21(28)15(10-16)13-25-27-22(29)18-11-20(14-4-3-9-24-12-14)26-19-6-2-1-5-17(18)19/h1-13,28H,(H,27,29)/b25-13+. The van der Waals surface area contributed by atoms with Crippen LogP contribution in [0.4, 0.5) is 0 Å². The molecule has 0 unspecified atom stereocenters. The lowest BCUT2D eigenvalue weighted by Gasteiger charge is -2.08. The van der Waals surface area contributed by atoms with Crippen molar-refractivity contribution in [2.75, 3.05) is 0 Å². The van der Waals surface area contributed by atoms with E-state index in [9.17, 15) is 9.90 Å². The van der Waals surface area contributed by atoms with Gasteiger partial charge < -0.3 is 5.11 Å². The molecule has 0 radical (unpaired) electrons. The largest absolute Gasteiger partial charge is 0.507 e. The Balaban J connectivity index is 1.68. The van der Waals surface area contributed by atoms with Crippen LogP contribution in [0.2, 0.25) is 5.02 Å². The fraction of sp³-hybridized carbons (Fsp3) is 0. The van der Waals surface area contributed by atoms with Gasteiger partial charge in [-0.25, -0.2) is 10.4 Å². The molecule has 29 heavy (non-hydrogen) atoms. The summed E-state index contributed by atoms with van der Waals surface area (Å²) in [5.74, 6) is -0.382. The first-order valence-corrected chi connectivity index (χ1v) is 9.12. The first-order chi connectivity index (χ1) is 14.1. The summed E-state index contributed by atoms with van der Waals surface area (Å²) in [4.78, 5) is 21.6. The number of halogens is 1. The van der Waals surface area contributed by atoms with Crippen LogP contribution in [0.15, 0.2) is 78.2 Å². The van der Waals surface area contributed by atoms with Crippen LogP contribution in [0.25, 0.3) is 22.2 Å². The number of hydrogen-bond acceptors (Lipinski definition) is 5. The van der Waals surface area contributed by atoms with Gasteiger partial charge in [0, 0.05) is 33.9 Å². The highest BCUT2D eigenvalue weighted by molar-refractivity contribution is 6.30. The molecule has 0 fully saturated rings. The number of carbonyl (C=O) groups excluding carboxylic acids is 1. The molecule has 2 N–H and O–H groups in total. The minimum atomic E-state index is -0.397. The highest BCUT2D eigenvalue weighted by Crippen LogP contribution is 2.24. The molecule has 2 heterocycles. The molecule has 0 bridgehead atoms.